The van der Waals surface area contributed by atoms with Crippen LogP contribution in [0.1, 0.15) is 31.7 Å². The van der Waals surface area contributed by atoms with E-state index < -0.39 is 22.1 Å². The normalized spacial score (nSPS) is 15.7. The highest BCUT2D eigenvalue weighted by Crippen LogP contribution is 2.18. The van der Waals surface area contributed by atoms with E-state index in [0.29, 0.717) is 0 Å². The third-order valence-corrected chi connectivity index (χ3v) is 4.57. The van der Waals surface area contributed by atoms with Crippen molar-refractivity contribution in [3.05, 3.63) is 41.3 Å². The van der Waals surface area contributed by atoms with Gasteiger partial charge < -0.3 is 10.1 Å². The Bertz CT molecular complexity index is 727. The number of sulfonamides is 1. The van der Waals surface area contributed by atoms with Crippen LogP contribution in [0.15, 0.2) is 35.7 Å². The molecule has 0 aromatic heterocycles. The van der Waals surface area contributed by atoms with Gasteiger partial charge in [-0.15, -0.1) is 0 Å². The maximum absolute atomic E-state index is 11.8. The molecule has 0 spiro atoms. The van der Waals surface area contributed by atoms with Crippen molar-refractivity contribution < 1.29 is 22.7 Å². The van der Waals surface area contributed by atoms with E-state index in [1.54, 1.807) is 24.3 Å². The van der Waals surface area contributed by atoms with E-state index in [9.17, 15) is 18.0 Å². The van der Waals surface area contributed by atoms with Crippen LogP contribution in [-0.4, -0.2) is 39.0 Å². The predicted octanol–water partition coefficient (Wildman–Crippen LogP) is 1.18. The molecule has 1 fully saturated rings. The van der Waals surface area contributed by atoms with Crippen molar-refractivity contribution in [1.82, 2.24) is 10.0 Å². The first kappa shape index (κ1) is 19.1. The highest BCUT2D eigenvalue weighted by molar-refractivity contribution is 7.92. The van der Waals surface area contributed by atoms with Gasteiger partial charge in [0.05, 0.1) is 6.42 Å². The Kier molecular flexibility index (Phi) is 6.72. The zero-order valence-corrected chi connectivity index (χ0v) is 14.8. The number of rotatable bonds is 9. The Labute approximate surface area is 147 Å². The van der Waals surface area contributed by atoms with E-state index in [4.69, 9.17) is 4.74 Å². The lowest BCUT2D eigenvalue weighted by molar-refractivity contribution is -0.154. The van der Waals surface area contributed by atoms with Crippen LogP contribution in [0, 0.1) is 0 Å². The monoisotopic (exact) mass is 366 g/mol. The summed E-state index contributed by atoms with van der Waals surface area (Å²) in [5, 5.41) is 3.78. The molecule has 7 nitrogen and oxygen atoms in total. The van der Waals surface area contributed by atoms with Crippen molar-refractivity contribution in [1.29, 1.82) is 0 Å². The molecule has 25 heavy (non-hydrogen) atoms. The van der Waals surface area contributed by atoms with E-state index in [1.807, 2.05) is 6.07 Å². The molecule has 8 heteroatoms. The summed E-state index contributed by atoms with van der Waals surface area (Å²) < 4.78 is 30.9. The molecule has 2 N–H and O–H groups in total. The third-order valence-electron chi connectivity index (χ3n) is 3.47. The largest absolute Gasteiger partial charge is 0.453 e. The van der Waals surface area contributed by atoms with E-state index in [0.717, 1.165) is 23.8 Å². The summed E-state index contributed by atoms with van der Waals surface area (Å²) >= 11 is 0. The average Bonchev–Trinajstić information content (AvgIpc) is 3.37. The fraction of sp³-hybridized carbons (Fsp3) is 0.412. The summed E-state index contributed by atoms with van der Waals surface area (Å²) in [6.45, 7) is 1.39. The molecule has 1 saturated carbocycles. The fourth-order valence-electron chi connectivity index (χ4n) is 1.93. The molecule has 1 atom stereocenters. The minimum Gasteiger partial charge on any atom is -0.453 e. The summed E-state index contributed by atoms with van der Waals surface area (Å²) in [7, 11) is -3.65. The fourth-order valence-corrected chi connectivity index (χ4v) is 2.75. The molecule has 2 rings (SSSR count). The highest BCUT2D eigenvalue weighted by atomic mass is 32.2. The van der Waals surface area contributed by atoms with Gasteiger partial charge in [0, 0.05) is 18.0 Å². The van der Waals surface area contributed by atoms with Gasteiger partial charge in [0.2, 0.25) is 10.0 Å². The Balaban J connectivity index is 1.70. The summed E-state index contributed by atoms with van der Waals surface area (Å²) in [4.78, 5) is 23.3. The maximum atomic E-state index is 11.8. The zero-order valence-electron chi connectivity index (χ0n) is 14.0. The number of amides is 1. The van der Waals surface area contributed by atoms with Crippen molar-refractivity contribution in [2.75, 3.05) is 6.54 Å². The number of benzene rings is 1. The first-order valence-electron chi connectivity index (χ1n) is 8.08. The number of carbonyl (C=O) groups excluding carboxylic acids is 2. The molecule has 0 bridgehead atoms. The lowest BCUT2D eigenvalue weighted by Gasteiger charge is -2.13. The Hall–Kier alpha value is -2.19. The number of esters is 1. The van der Waals surface area contributed by atoms with Crippen LogP contribution < -0.4 is 10.0 Å². The van der Waals surface area contributed by atoms with Crippen LogP contribution in [0.25, 0.3) is 6.08 Å². The van der Waals surface area contributed by atoms with Gasteiger partial charge in [-0.05, 0) is 31.4 Å². The molecular weight excluding hydrogens is 344 g/mol. The number of hydrogen-bond acceptors (Lipinski definition) is 5. The van der Waals surface area contributed by atoms with Crippen LogP contribution in [0.4, 0.5) is 0 Å². The molecule has 136 valence electrons. The summed E-state index contributed by atoms with van der Waals surface area (Å²) in [5.74, 6) is -0.963. The first-order valence-corrected chi connectivity index (χ1v) is 9.63. The molecule has 1 aromatic rings. The number of ether oxygens (including phenoxy) is 1. The molecule has 0 radical (unpaired) electrons. The number of hydrogen-bond donors (Lipinski definition) is 2. The van der Waals surface area contributed by atoms with E-state index in [2.05, 4.69) is 10.0 Å². The van der Waals surface area contributed by atoms with Gasteiger partial charge in [0.1, 0.15) is 0 Å². The van der Waals surface area contributed by atoms with Gasteiger partial charge >= 0.3 is 5.97 Å². The molecule has 1 amide bonds. The van der Waals surface area contributed by atoms with Crippen LogP contribution >= 0.6 is 0 Å². The third kappa shape index (κ3) is 7.49. The topological polar surface area (TPSA) is 102 Å². The van der Waals surface area contributed by atoms with Gasteiger partial charge in [-0.1, -0.05) is 30.3 Å². The summed E-state index contributed by atoms with van der Waals surface area (Å²) in [6.07, 6.45) is 2.32. The van der Waals surface area contributed by atoms with Crippen molar-refractivity contribution in [3.63, 3.8) is 0 Å². The second kappa shape index (κ2) is 8.77. The quantitative estimate of drug-likeness (QED) is 0.639. The van der Waals surface area contributed by atoms with Crippen molar-refractivity contribution in [2.24, 2.45) is 0 Å². The van der Waals surface area contributed by atoms with Crippen LogP contribution in [0.3, 0.4) is 0 Å². The standard InChI is InChI=1S/C17H22N2O5S/c1-13(17(21)19-15-7-8-15)24-16(20)9-11-18-25(22,23)12-10-14-5-3-2-4-6-14/h2-6,10,12-13,15,18H,7-9,11H2,1H3,(H,19,21)/b12-10+/t13-/m1/s1. The van der Waals surface area contributed by atoms with Crippen LogP contribution in [-0.2, 0) is 24.3 Å². The molecule has 0 aliphatic heterocycles. The maximum Gasteiger partial charge on any atom is 0.307 e. The smallest absolute Gasteiger partial charge is 0.307 e. The second-order valence-corrected chi connectivity index (χ2v) is 7.47. The average molecular weight is 366 g/mol. The van der Waals surface area contributed by atoms with E-state index in [-0.39, 0.29) is 24.9 Å². The lowest BCUT2D eigenvalue weighted by Crippen LogP contribution is -2.37. The minimum atomic E-state index is -3.65. The van der Waals surface area contributed by atoms with Crippen molar-refractivity contribution >= 4 is 28.0 Å². The van der Waals surface area contributed by atoms with E-state index >= 15 is 0 Å². The van der Waals surface area contributed by atoms with Gasteiger partial charge in [-0.3, -0.25) is 9.59 Å². The Morgan fingerprint density at radius 3 is 2.60 bits per heavy atom. The molecule has 0 unspecified atom stereocenters. The van der Waals surface area contributed by atoms with Crippen LogP contribution in [0.2, 0.25) is 0 Å². The Morgan fingerprint density at radius 2 is 1.96 bits per heavy atom. The van der Waals surface area contributed by atoms with E-state index in [1.165, 1.54) is 13.0 Å². The lowest BCUT2D eigenvalue weighted by atomic mass is 10.2. The summed E-state index contributed by atoms with van der Waals surface area (Å²) in [6, 6.07) is 9.18. The number of nitrogens with one attached hydrogen (secondary N) is 2. The molecule has 0 heterocycles. The zero-order chi connectivity index (χ0) is 18.3. The predicted molar refractivity (Wildman–Crippen MR) is 93.7 cm³/mol. The molecular formula is C17H22N2O5S. The van der Waals surface area contributed by atoms with Gasteiger partial charge in [-0.2, -0.15) is 0 Å². The molecule has 1 aliphatic carbocycles. The second-order valence-electron chi connectivity index (χ2n) is 5.82. The molecule has 1 aromatic carbocycles. The Morgan fingerprint density at radius 1 is 1.28 bits per heavy atom. The van der Waals surface area contributed by atoms with Gasteiger partial charge in [0.15, 0.2) is 6.10 Å². The van der Waals surface area contributed by atoms with Crippen molar-refractivity contribution in [2.45, 2.75) is 38.3 Å². The SMILES string of the molecule is C[C@@H](OC(=O)CCNS(=O)(=O)/C=C/c1ccccc1)C(=O)NC1CC1. The molecule has 0 saturated heterocycles. The minimum absolute atomic E-state index is 0.0999. The summed E-state index contributed by atoms with van der Waals surface area (Å²) in [5.41, 5.74) is 0.753. The van der Waals surface area contributed by atoms with Gasteiger partial charge in [0.25, 0.3) is 5.91 Å². The number of carbonyl (C=O) groups is 2. The van der Waals surface area contributed by atoms with Crippen molar-refractivity contribution in [3.8, 4) is 0 Å². The molecule has 1 aliphatic rings. The van der Waals surface area contributed by atoms with Crippen LogP contribution in [0.5, 0.6) is 0 Å². The van der Waals surface area contributed by atoms with Gasteiger partial charge in [-0.25, -0.2) is 13.1 Å². The highest BCUT2D eigenvalue weighted by Gasteiger charge is 2.27. The first-order chi connectivity index (χ1) is 11.9.